The predicted octanol–water partition coefficient (Wildman–Crippen LogP) is 4.32. The Balaban J connectivity index is 1.47. The molecule has 1 aliphatic rings. The minimum absolute atomic E-state index is 0.00214. The Morgan fingerprint density at radius 1 is 1.00 bits per heavy atom. The van der Waals surface area contributed by atoms with E-state index in [0.29, 0.717) is 11.5 Å². The minimum atomic E-state index is -0.136. The van der Waals surface area contributed by atoms with Gasteiger partial charge in [-0.3, -0.25) is 14.5 Å². The lowest BCUT2D eigenvalue weighted by Crippen LogP contribution is -2.35. The largest absolute Gasteiger partial charge is 0.379 e. The molecule has 1 heterocycles. The first-order valence-corrected chi connectivity index (χ1v) is 10.8. The van der Waals surface area contributed by atoms with Crippen molar-refractivity contribution < 1.29 is 14.3 Å². The fraction of sp³-hybridized carbons (Fsp3) is 0.440. The molecule has 1 aliphatic heterocycles. The molecule has 0 aliphatic carbocycles. The normalized spacial score (nSPS) is 14.6. The number of carbonyl (C=O) groups is 2. The SMILES string of the molecule is CC(C)Cc1ccc(C(=O)CCC(=O)Nc2cccc(CN3CCOCC3)c2)cc1. The molecule has 5 nitrogen and oxygen atoms in total. The van der Waals surface area contributed by atoms with Crippen LogP contribution < -0.4 is 5.32 Å². The van der Waals surface area contributed by atoms with Gasteiger partial charge >= 0.3 is 0 Å². The summed E-state index contributed by atoms with van der Waals surface area (Å²) in [6.07, 6.45) is 1.39. The van der Waals surface area contributed by atoms with Crippen molar-refractivity contribution in [2.75, 3.05) is 31.6 Å². The number of hydrogen-bond acceptors (Lipinski definition) is 4. The third kappa shape index (κ3) is 7.08. The highest BCUT2D eigenvalue weighted by Gasteiger charge is 2.12. The van der Waals surface area contributed by atoms with E-state index in [1.807, 2.05) is 42.5 Å². The summed E-state index contributed by atoms with van der Waals surface area (Å²) in [7, 11) is 0. The zero-order valence-corrected chi connectivity index (χ0v) is 18.0. The second-order valence-electron chi connectivity index (χ2n) is 8.36. The maximum atomic E-state index is 12.4. The van der Waals surface area contributed by atoms with E-state index >= 15 is 0 Å². The highest BCUT2D eigenvalue weighted by atomic mass is 16.5. The number of morpholine rings is 1. The van der Waals surface area contributed by atoms with E-state index in [-0.39, 0.29) is 24.5 Å². The summed E-state index contributed by atoms with van der Waals surface area (Å²) in [5, 5.41) is 2.92. The Labute approximate surface area is 179 Å². The van der Waals surface area contributed by atoms with Gasteiger partial charge in [0.05, 0.1) is 13.2 Å². The molecule has 0 atom stereocenters. The van der Waals surface area contributed by atoms with Crippen LogP contribution >= 0.6 is 0 Å². The van der Waals surface area contributed by atoms with E-state index in [1.54, 1.807) is 0 Å². The summed E-state index contributed by atoms with van der Waals surface area (Å²) in [6, 6.07) is 15.7. The van der Waals surface area contributed by atoms with Gasteiger partial charge in [-0.1, -0.05) is 50.2 Å². The molecule has 2 aromatic carbocycles. The second-order valence-corrected chi connectivity index (χ2v) is 8.36. The fourth-order valence-corrected chi connectivity index (χ4v) is 3.66. The summed E-state index contributed by atoms with van der Waals surface area (Å²) < 4.78 is 5.39. The molecule has 1 N–H and O–H groups in total. The van der Waals surface area contributed by atoms with Gasteiger partial charge in [-0.05, 0) is 35.6 Å². The van der Waals surface area contributed by atoms with Gasteiger partial charge in [-0.15, -0.1) is 0 Å². The number of ketones is 1. The van der Waals surface area contributed by atoms with E-state index in [4.69, 9.17) is 4.74 Å². The van der Waals surface area contributed by atoms with Gasteiger partial charge < -0.3 is 10.1 Å². The zero-order valence-electron chi connectivity index (χ0n) is 18.0. The van der Waals surface area contributed by atoms with E-state index in [2.05, 4.69) is 30.1 Å². The van der Waals surface area contributed by atoms with Gasteiger partial charge in [0.1, 0.15) is 0 Å². The van der Waals surface area contributed by atoms with Crippen LogP contribution in [0.1, 0.15) is 48.2 Å². The smallest absolute Gasteiger partial charge is 0.224 e. The molecule has 1 fully saturated rings. The molecule has 160 valence electrons. The van der Waals surface area contributed by atoms with Crippen LogP contribution in [0.4, 0.5) is 5.69 Å². The van der Waals surface area contributed by atoms with Gasteiger partial charge in [0.15, 0.2) is 5.78 Å². The molecule has 30 heavy (non-hydrogen) atoms. The highest BCUT2D eigenvalue weighted by Crippen LogP contribution is 2.15. The first-order valence-electron chi connectivity index (χ1n) is 10.8. The first kappa shape index (κ1) is 22.2. The molecule has 0 radical (unpaired) electrons. The molecular weight excluding hydrogens is 376 g/mol. The number of benzene rings is 2. The van der Waals surface area contributed by atoms with Gasteiger partial charge in [0, 0.05) is 43.7 Å². The van der Waals surface area contributed by atoms with E-state index < -0.39 is 0 Å². The Hall–Kier alpha value is -2.50. The minimum Gasteiger partial charge on any atom is -0.379 e. The van der Waals surface area contributed by atoms with E-state index in [9.17, 15) is 9.59 Å². The topological polar surface area (TPSA) is 58.6 Å². The van der Waals surface area contributed by atoms with E-state index in [1.165, 1.54) is 5.56 Å². The predicted molar refractivity (Wildman–Crippen MR) is 120 cm³/mol. The first-order chi connectivity index (χ1) is 14.5. The average Bonchev–Trinajstić information content (AvgIpc) is 2.73. The lowest BCUT2D eigenvalue weighted by atomic mass is 9.99. The number of carbonyl (C=O) groups excluding carboxylic acids is 2. The average molecular weight is 409 g/mol. The number of rotatable bonds is 9. The van der Waals surface area contributed by atoms with Crippen molar-refractivity contribution in [1.82, 2.24) is 4.90 Å². The summed E-state index contributed by atoms with van der Waals surface area (Å²) in [6.45, 7) is 8.59. The molecule has 2 aromatic rings. The van der Waals surface area contributed by atoms with Crippen LogP contribution in [-0.4, -0.2) is 42.9 Å². The lowest BCUT2D eigenvalue weighted by molar-refractivity contribution is -0.116. The Morgan fingerprint density at radius 2 is 1.73 bits per heavy atom. The van der Waals surface area contributed by atoms with Crippen molar-refractivity contribution in [3.63, 3.8) is 0 Å². The van der Waals surface area contributed by atoms with Crippen LogP contribution in [0.15, 0.2) is 48.5 Å². The van der Waals surface area contributed by atoms with Crippen LogP contribution in [-0.2, 0) is 22.5 Å². The van der Waals surface area contributed by atoms with Crippen molar-refractivity contribution in [2.24, 2.45) is 5.92 Å². The maximum Gasteiger partial charge on any atom is 0.224 e. The summed E-state index contributed by atoms with van der Waals surface area (Å²) in [5.41, 5.74) is 3.84. The summed E-state index contributed by atoms with van der Waals surface area (Å²) in [4.78, 5) is 27.1. The molecule has 3 rings (SSSR count). The third-order valence-electron chi connectivity index (χ3n) is 5.22. The monoisotopic (exact) mass is 408 g/mol. The molecule has 1 saturated heterocycles. The summed E-state index contributed by atoms with van der Waals surface area (Å²) >= 11 is 0. The van der Waals surface area contributed by atoms with Crippen molar-refractivity contribution in [2.45, 2.75) is 39.7 Å². The third-order valence-corrected chi connectivity index (χ3v) is 5.22. The Bertz CT molecular complexity index is 840. The zero-order chi connectivity index (χ0) is 21.3. The molecule has 0 saturated carbocycles. The molecular formula is C25H32N2O3. The number of nitrogens with one attached hydrogen (secondary N) is 1. The van der Waals surface area contributed by atoms with Crippen LogP contribution in [0.2, 0.25) is 0 Å². The number of nitrogens with zero attached hydrogens (tertiary/aromatic N) is 1. The molecule has 5 heteroatoms. The quantitative estimate of drug-likeness (QED) is 0.628. The van der Waals surface area contributed by atoms with Crippen molar-refractivity contribution >= 4 is 17.4 Å². The van der Waals surface area contributed by atoms with E-state index in [0.717, 1.165) is 50.5 Å². The molecule has 0 unspecified atom stereocenters. The fourth-order valence-electron chi connectivity index (χ4n) is 3.66. The van der Waals surface area contributed by atoms with Crippen molar-refractivity contribution in [3.05, 3.63) is 65.2 Å². The molecule has 0 bridgehead atoms. The van der Waals surface area contributed by atoms with Gasteiger partial charge in [-0.2, -0.15) is 0 Å². The van der Waals surface area contributed by atoms with Gasteiger partial charge in [0.25, 0.3) is 0 Å². The number of Topliss-reactive ketones (excluding diaryl/α,β-unsaturated/α-hetero) is 1. The summed E-state index contributed by atoms with van der Waals surface area (Å²) in [5.74, 6) is 0.452. The van der Waals surface area contributed by atoms with Gasteiger partial charge in [-0.25, -0.2) is 0 Å². The lowest BCUT2D eigenvalue weighted by Gasteiger charge is -2.26. The molecule has 0 aromatic heterocycles. The molecule has 1 amide bonds. The van der Waals surface area contributed by atoms with Crippen LogP contribution in [0, 0.1) is 5.92 Å². The van der Waals surface area contributed by atoms with Crippen LogP contribution in [0.5, 0.6) is 0 Å². The van der Waals surface area contributed by atoms with Crippen LogP contribution in [0.25, 0.3) is 0 Å². The molecule has 0 spiro atoms. The maximum absolute atomic E-state index is 12.4. The van der Waals surface area contributed by atoms with Crippen molar-refractivity contribution in [3.8, 4) is 0 Å². The Morgan fingerprint density at radius 3 is 2.43 bits per heavy atom. The number of amides is 1. The number of ether oxygens (including phenoxy) is 1. The second kappa shape index (κ2) is 11.0. The highest BCUT2D eigenvalue weighted by molar-refractivity contribution is 6.00. The number of anilines is 1. The standard InChI is InChI=1S/C25H32N2O3/c1-19(2)16-20-6-8-22(9-7-20)24(28)10-11-25(29)26-23-5-3-4-21(17-23)18-27-12-14-30-15-13-27/h3-9,17,19H,10-16,18H2,1-2H3,(H,26,29). The van der Waals surface area contributed by atoms with Gasteiger partial charge in [0.2, 0.25) is 5.91 Å². The Kier molecular flexibility index (Phi) is 8.17. The van der Waals surface area contributed by atoms with Crippen molar-refractivity contribution in [1.29, 1.82) is 0 Å². The van der Waals surface area contributed by atoms with Crippen LogP contribution in [0.3, 0.4) is 0 Å². The number of hydrogen-bond donors (Lipinski definition) is 1.